The van der Waals surface area contributed by atoms with Crippen LogP contribution in [0.4, 0.5) is 0 Å². The summed E-state index contributed by atoms with van der Waals surface area (Å²) >= 11 is 0. The molecule has 5 nitrogen and oxygen atoms in total. The number of aryl methyl sites for hydroxylation is 1. The third kappa shape index (κ3) is 3.26. The van der Waals surface area contributed by atoms with Gasteiger partial charge in [-0.05, 0) is 6.42 Å². The predicted octanol–water partition coefficient (Wildman–Crippen LogP) is 0.353. The number of hydrogen-bond donors (Lipinski definition) is 0. The summed E-state index contributed by atoms with van der Waals surface area (Å²) in [6, 6.07) is 0. The molecule has 0 aliphatic carbocycles. The van der Waals surface area contributed by atoms with Gasteiger partial charge in [-0.2, -0.15) is 5.10 Å². The molecule has 1 rings (SSSR count). The third-order valence-electron chi connectivity index (χ3n) is 1.96. The van der Waals surface area contributed by atoms with Crippen LogP contribution in [0.2, 0.25) is 0 Å². The quantitative estimate of drug-likeness (QED) is 0.617. The Bertz CT molecular complexity index is 296. The number of methoxy groups -OCH3 is 1. The van der Waals surface area contributed by atoms with E-state index in [2.05, 4.69) is 10.1 Å². The molecular formula is C9H15N3O2. The number of ether oxygens (including phenoxy) is 1. The van der Waals surface area contributed by atoms with Crippen molar-refractivity contribution >= 4 is 5.78 Å². The lowest BCUT2D eigenvalue weighted by Crippen LogP contribution is -2.09. The first-order valence-corrected chi connectivity index (χ1v) is 4.57. The number of rotatable bonds is 6. The summed E-state index contributed by atoms with van der Waals surface area (Å²) in [4.78, 5) is 15.4. The molecule has 0 fully saturated rings. The topological polar surface area (TPSA) is 57.0 Å². The lowest BCUT2D eigenvalue weighted by molar-refractivity contribution is -0.118. The van der Waals surface area contributed by atoms with Crippen LogP contribution in [-0.4, -0.2) is 34.3 Å². The van der Waals surface area contributed by atoms with Crippen molar-refractivity contribution in [1.29, 1.82) is 0 Å². The average molecular weight is 197 g/mol. The molecule has 0 saturated heterocycles. The Morgan fingerprint density at radius 3 is 3.00 bits per heavy atom. The minimum atomic E-state index is 0.179. The van der Waals surface area contributed by atoms with Gasteiger partial charge >= 0.3 is 0 Å². The van der Waals surface area contributed by atoms with Crippen molar-refractivity contribution in [3.8, 4) is 0 Å². The van der Waals surface area contributed by atoms with E-state index in [-0.39, 0.29) is 5.78 Å². The second kappa shape index (κ2) is 5.49. The SMILES string of the molecule is COCCCC(=O)Cc1ncnn1C. The number of carbonyl (C=O) groups is 1. The smallest absolute Gasteiger partial charge is 0.140 e. The Morgan fingerprint density at radius 1 is 1.64 bits per heavy atom. The minimum absolute atomic E-state index is 0.179. The summed E-state index contributed by atoms with van der Waals surface area (Å²) in [6.07, 6.45) is 3.13. The highest BCUT2D eigenvalue weighted by molar-refractivity contribution is 5.80. The molecule has 78 valence electrons. The molecule has 0 bridgehead atoms. The van der Waals surface area contributed by atoms with Crippen LogP contribution in [0.3, 0.4) is 0 Å². The zero-order valence-corrected chi connectivity index (χ0v) is 8.56. The van der Waals surface area contributed by atoms with Gasteiger partial charge in [0.25, 0.3) is 0 Å². The van der Waals surface area contributed by atoms with Crippen molar-refractivity contribution in [3.05, 3.63) is 12.2 Å². The first-order chi connectivity index (χ1) is 6.74. The normalized spacial score (nSPS) is 10.4. The lowest BCUT2D eigenvalue weighted by Gasteiger charge is -2.00. The standard InChI is InChI=1S/C9H15N3O2/c1-12-9(10-7-11-12)6-8(13)4-3-5-14-2/h7H,3-6H2,1-2H3. The molecular weight excluding hydrogens is 182 g/mol. The zero-order chi connectivity index (χ0) is 10.4. The summed E-state index contributed by atoms with van der Waals surface area (Å²) in [7, 11) is 3.41. The molecule has 0 aliphatic rings. The van der Waals surface area contributed by atoms with Crippen LogP contribution >= 0.6 is 0 Å². The van der Waals surface area contributed by atoms with Crippen molar-refractivity contribution in [2.45, 2.75) is 19.3 Å². The number of Topliss-reactive ketones (excluding diaryl/α,β-unsaturated/α-hetero) is 1. The van der Waals surface area contributed by atoms with Gasteiger partial charge in [0.2, 0.25) is 0 Å². The first kappa shape index (κ1) is 10.8. The molecule has 0 amide bonds. The van der Waals surface area contributed by atoms with Gasteiger partial charge < -0.3 is 4.74 Å². The van der Waals surface area contributed by atoms with E-state index in [1.165, 1.54) is 6.33 Å². The van der Waals surface area contributed by atoms with Crippen LogP contribution in [0, 0.1) is 0 Å². The Labute approximate surface area is 83.1 Å². The molecule has 5 heteroatoms. The highest BCUT2D eigenvalue weighted by atomic mass is 16.5. The Balaban J connectivity index is 2.31. The van der Waals surface area contributed by atoms with Crippen LogP contribution in [-0.2, 0) is 23.0 Å². The molecule has 0 unspecified atom stereocenters. The monoisotopic (exact) mass is 197 g/mol. The number of nitrogens with zero attached hydrogens (tertiary/aromatic N) is 3. The Kier molecular flexibility index (Phi) is 4.25. The van der Waals surface area contributed by atoms with Crippen molar-refractivity contribution in [2.75, 3.05) is 13.7 Å². The van der Waals surface area contributed by atoms with Gasteiger partial charge in [0, 0.05) is 27.2 Å². The van der Waals surface area contributed by atoms with Crippen LogP contribution < -0.4 is 0 Å². The molecule has 14 heavy (non-hydrogen) atoms. The molecule has 0 N–H and O–H groups in total. The maximum atomic E-state index is 11.4. The number of aromatic nitrogens is 3. The van der Waals surface area contributed by atoms with E-state index in [1.807, 2.05) is 0 Å². The number of hydrogen-bond acceptors (Lipinski definition) is 4. The second-order valence-corrected chi connectivity index (χ2v) is 3.11. The maximum absolute atomic E-state index is 11.4. The number of ketones is 1. The summed E-state index contributed by atoms with van der Waals surface area (Å²) in [5.41, 5.74) is 0. The molecule has 0 radical (unpaired) electrons. The molecule has 0 aromatic carbocycles. The fourth-order valence-corrected chi connectivity index (χ4v) is 1.16. The highest BCUT2D eigenvalue weighted by Gasteiger charge is 2.07. The average Bonchev–Trinajstić information content (AvgIpc) is 2.52. The molecule has 0 saturated carbocycles. The maximum Gasteiger partial charge on any atom is 0.140 e. The van der Waals surface area contributed by atoms with Gasteiger partial charge in [-0.25, -0.2) is 4.98 Å². The van der Waals surface area contributed by atoms with Crippen molar-refractivity contribution in [1.82, 2.24) is 14.8 Å². The van der Waals surface area contributed by atoms with Crippen molar-refractivity contribution < 1.29 is 9.53 Å². The van der Waals surface area contributed by atoms with Crippen LogP contribution in [0.15, 0.2) is 6.33 Å². The number of carbonyl (C=O) groups excluding carboxylic acids is 1. The summed E-state index contributed by atoms with van der Waals surface area (Å²) < 4.78 is 6.49. The zero-order valence-electron chi connectivity index (χ0n) is 8.56. The Hall–Kier alpha value is -1.23. The molecule has 0 atom stereocenters. The molecule has 1 heterocycles. The van der Waals surface area contributed by atoms with Gasteiger partial charge in [-0.1, -0.05) is 0 Å². The molecule has 0 aliphatic heterocycles. The van der Waals surface area contributed by atoms with Crippen LogP contribution in [0.5, 0.6) is 0 Å². The van der Waals surface area contributed by atoms with Crippen LogP contribution in [0.25, 0.3) is 0 Å². The summed E-state index contributed by atoms with van der Waals surface area (Å²) in [5, 5.41) is 3.89. The van der Waals surface area contributed by atoms with E-state index >= 15 is 0 Å². The van der Waals surface area contributed by atoms with E-state index in [0.717, 1.165) is 6.42 Å². The van der Waals surface area contributed by atoms with Gasteiger partial charge in [0.1, 0.15) is 17.9 Å². The first-order valence-electron chi connectivity index (χ1n) is 4.57. The van der Waals surface area contributed by atoms with E-state index in [1.54, 1.807) is 18.8 Å². The second-order valence-electron chi connectivity index (χ2n) is 3.11. The minimum Gasteiger partial charge on any atom is -0.385 e. The fraction of sp³-hybridized carbons (Fsp3) is 0.667. The van der Waals surface area contributed by atoms with Gasteiger partial charge in [0.15, 0.2) is 0 Å². The highest BCUT2D eigenvalue weighted by Crippen LogP contribution is 1.99. The summed E-state index contributed by atoms with van der Waals surface area (Å²) in [6.45, 7) is 0.630. The summed E-state index contributed by atoms with van der Waals surface area (Å²) in [5.74, 6) is 0.894. The van der Waals surface area contributed by atoms with E-state index < -0.39 is 0 Å². The van der Waals surface area contributed by atoms with Crippen molar-refractivity contribution in [3.63, 3.8) is 0 Å². The largest absolute Gasteiger partial charge is 0.385 e. The van der Waals surface area contributed by atoms with E-state index in [0.29, 0.717) is 25.3 Å². The van der Waals surface area contributed by atoms with Crippen LogP contribution in [0.1, 0.15) is 18.7 Å². The van der Waals surface area contributed by atoms with Crippen molar-refractivity contribution in [2.24, 2.45) is 7.05 Å². The predicted molar refractivity (Wildman–Crippen MR) is 50.8 cm³/mol. The lowest BCUT2D eigenvalue weighted by atomic mass is 10.1. The fourth-order valence-electron chi connectivity index (χ4n) is 1.16. The molecule has 0 spiro atoms. The van der Waals surface area contributed by atoms with E-state index in [4.69, 9.17) is 4.74 Å². The molecule has 1 aromatic heterocycles. The van der Waals surface area contributed by atoms with Gasteiger partial charge in [-0.3, -0.25) is 9.48 Å². The van der Waals surface area contributed by atoms with Gasteiger partial charge in [-0.15, -0.1) is 0 Å². The van der Waals surface area contributed by atoms with Gasteiger partial charge in [0.05, 0.1) is 6.42 Å². The third-order valence-corrected chi connectivity index (χ3v) is 1.96. The van der Waals surface area contributed by atoms with E-state index in [9.17, 15) is 4.79 Å². The molecule has 1 aromatic rings. The Morgan fingerprint density at radius 2 is 2.43 bits per heavy atom.